The lowest BCUT2D eigenvalue weighted by Gasteiger charge is -1.87. The summed E-state index contributed by atoms with van der Waals surface area (Å²) in [5.74, 6) is -0.0527. The van der Waals surface area contributed by atoms with Gasteiger partial charge in [0.1, 0.15) is 5.69 Å². The van der Waals surface area contributed by atoms with Crippen LogP contribution in [0.25, 0.3) is 0 Å². The van der Waals surface area contributed by atoms with E-state index in [1.165, 1.54) is 25.5 Å². The van der Waals surface area contributed by atoms with Crippen LogP contribution in [0.5, 0.6) is 0 Å². The van der Waals surface area contributed by atoms with Crippen LogP contribution in [0.2, 0.25) is 0 Å². The largest absolute Gasteiger partial charge is 0.293 e. The van der Waals surface area contributed by atoms with Gasteiger partial charge < -0.3 is 0 Å². The monoisotopic (exact) mass is 121 g/mol. The van der Waals surface area contributed by atoms with E-state index in [1.54, 1.807) is 0 Å². The van der Waals surface area contributed by atoms with E-state index in [0.717, 1.165) is 0 Å². The second-order valence-corrected chi connectivity index (χ2v) is 1.65. The van der Waals surface area contributed by atoms with E-state index >= 15 is 0 Å². The van der Waals surface area contributed by atoms with E-state index in [2.05, 4.69) is 9.97 Å². The Labute approximate surface area is 52.8 Å². The molecule has 0 aliphatic rings. The number of Topliss-reactive ketones (excluding diaryl/α,β-unsaturated/α-hetero) is 1. The summed E-state index contributed by atoms with van der Waals surface area (Å²) < 4.78 is 0. The lowest BCUT2D eigenvalue weighted by Crippen LogP contribution is -1.95. The summed E-state index contributed by atoms with van der Waals surface area (Å²) in [6.45, 7) is 1.46. The van der Waals surface area contributed by atoms with Crippen LogP contribution in [0, 0.1) is 0 Å². The van der Waals surface area contributed by atoms with Crippen molar-refractivity contribution in [3.05, 3.63) is 24.3 Å². The Morgan fingerprint density at radius 1 is 1.56 bits per heavy atom. The van der Waals surface area contributed by atoms with Crippen LogP contribution in [0.15, 0.2) is 18.6 Å². The Kier molecular flexibility index (Phi) is 1.53. The summed E-state index contributed by atoms with van der Waals surface area (Å²) in [6.07, 6.45) is 4.48. The minimum absolute atomic E-state index is 0.0527. The zero-order chi connectivity index (χ0) is 6.69. The molecular weight excluding hydrogens is 115 g/mol. The van der Waals surface area contributed by atoms with Gasteiger partial charge in [-0.15, -0.1) is 0 Å². The standard InChI is InChI=1S/C6H6N2O/c1-5(9)6-4-7-2-3-8-6/h2-4H,1H3/i5-1. The second kappa shape index (κ2) is 2.35. The van der Waals surface area contributed by atoms with Gasteiger partial charge in [0, 0.05) is 19.3 Å². The number of aromatic nitrogens is 2. The highest BCUT2D eigenvalue weighted by Gasteiger charge is 1.96. The van der Waals surface area contributed by atoms with Crippen molar-refractivity contribution in [3.8, 4) is 0 Å². The molecule has 0 aliphatic heterocycles. The predicted molar refractivity (Wildman–Crippen MR) is 32.0 cm³/mol. The van der Waals surface area contributed by atoms with Crippen LogP contribution in [0.1, 0.15) is 17.4 Å². The third-order valence-corrected chi connectivity index (χ3v) is 0.924. The van der Waals surface area contributed by atoms with Crippen molar-refractivity contribution < 1.29 is 4.79 Å². The summed E-state index contributed by atoms with van der Waals surface area (Å²) >= 11 is 0. The molecule has 1 aromatic heterocycles. The quantitative estimate of drug-likeness (QED) is 0.513. The Morgan fingerprint density at radius 2 is 2.33 bits per heavy atom. The average molecular weight is 121 g/mol. The molecule has 3 nitrogen and oxygen atoms in total. The summed E-state index contributed by atoms with van der Waals surface area (Å²) in [4.78, 5) is 18.0. The van der Waals surface area contributed by atoms with Gasteiger partial charge in [0.15, 0.2) is 5.78 Å². The van der Waals surface area contributed by atoms with Gasteiger partial charge in [0.25, 0.3) is 0 Å². The molecule has 0 unspecified atom stereocenters. The zero-order valence-corrected chi connectivity index (χ0v) is 5.03. The Balaban J connectivity index is 2.98. The van der Waals surface area contributed by atoms with Gasteiger partial charge >= 0.3 is 0 Å². The predicted octanol–water partition coefficient (Wildman–Crippen LogP) is 0.679. The molecule has 0 N–H and O–H groups in total. The van der Waals surface area contributed by atoms with Gasteiger partial charge in [-0.1, -0.05) is 0 Å². The molecule has 0 fully saturated rings. The van der Waals surface area contributed by atoms with Crippen molar-refractivity contribution in [3.63, 3.8) is 0 Å². The van der Waals surface area contributed by atoms with Crippen LogP contribution in [0.3, 0.4) is 0 Å². The first kappa shape index (κ1) is 5.88. The first-order valence-corrected chi connectivity index (χ1v) is 2.57. The molecule has 0 saturated heterocycles. The topological polar surface area (TPSA) is 42.9 Å². The van der Waals surface area contributed by atoms with Gasteiger partial charge in [0.2, 0.25) is 0 Å². The molecule has 1 aromatic rings. The maximum Gasteiger partial charge on any atom is 0.179 e. The fourth-order valence-corrected chi connectivity index (χ4v) is 0.481. The fourth-order valence-electron chi connectivity index (χ4n) is 0.481. The molecule has 0 spiro atoms. The Bertz CT molecular complexity index is 208. The van der Waals surface area contributed by atoms with Crippen LogP contribution in [0.4, 0.5) is 0 Å². The summed E-state index contributed by atoms with van der Waals surface area (Å²) in [7, 11) is 0. The fraction of sp³-hybridized carbons (Fsp3) is 0.167. The molecule has 3 heteroatoms. The molecule has 1 rings (SSSR count). The number of carbonyl (C=O) groups excluding carboxylic acids is 1. The number of hydrogen-bond donors (Lipinski definition) is 0. The molecule has 0 bridgehead atoms. The van der Waals surface area contributed by atoms with Gasteiger partial charge in [-0.25, -0.2) is 4.98 Å². The molecule has 46 valence electrons. The lowest BCUT2D eigenvalue weighted by atomic mass is 9.86. The van der Waals surface area contributed by atoms with Crippen molar-refractivity contribution in [2.45, 2.75) is 6.92 Å². The number of rotatable bonds is 1. The van der Waals surface area contributed by atoms with Gasteiger partial charge in [-0.2, -0.15) is 0 Å². The number of carbonyl (C=O) groups is 1. The van der Waals surface area contributed by atoms with Crippen LogP contribution in [-0.4, -0.2) is 15.8 Å². The molecule has 0 saturated carbocycles. The van der Waals surface area contributed by atoms with Crippen molar-refractivity contribution in [1.82, 2.24) is 9.97 Å². The average Bonchev–Trinajstić information content (AvgIpc) is 1.90. The maximum atomic E-state index is 10.5. The molecule has 1 heterocycles. The maximum absolute atomic E-state index is 10.5. The third-order valence-electron chi connectivity index (χ3n) is 0.924. The third kappa shape index (κ3) is 1.32. The molecule has 0 radical (unpaired) electrons. The van der Waals surface area contributed by atoms with Crippen molar-refractivity contribution in [2.24, 2.45) is 0 Å². The highest BCUT2D eigenvalue weighted by molar-refractivity contribution is 5.91. The molecule has 0 atom stereocenters. The van der Waals surface area contributed by atoms with Gasteiger partial charge in [-0.05, 0) is 0 Å². The van der Waals surface area contributed by atoms with Crippen LogP contribution < -0.4 is 0 Å². The van der Waals surface area contributed by atoms with E-state index in [9.17, 15) is 4.79 Å². The molecular formula is C6H6N2O. The number of nitrogens with zero attached hydrogens (tertiary/aromatic N) is 2. The normalized spacial score (nSPS) is 9.00. The van der Waals surface area contributed by atoms with Crippen LogP contribution >= 0.6 is 0 Å². The SMILES string of the molecule is C[11C](=O)c1cnccn1. The summed E-state index contributed by atoms with van der Waals surface area (Å²) in [5, 5.41) is 0. The number of ketones is 1. The molecule has 0 aliphatic carbocycles. The van der Waals surface area contributed by atoms with Crippen molar-refractivity contribution in [2.75, 3.05) is 0 Å². The summed E-state index contributed by atoms with van der Waals surface area (Å²) in [5.41, 5.74) is 0.414. The first-order chi connectivity index (χ1) is 4.30. The molecule has 9 heavy (non-hydrogen) atoms. The van der Waals surface area contributed by atoms with Crippen LogP contribution in [-0.2, 0) is 0 Å². The minimum Gasteiger partial charge on any atom is -0.293 e. The highest BCUT2D eigenvalue weighted by Crippen LogP contribution is 1.88. The molecule has 0 aromatic carbocycles. The lowest BCUT2D eigenvalue weighted by molar-refractivity contribution is 0.101. The zero-order valence-electron chi connectivity index (χ0n) is 5.03. The van der Waals surface area contributed by atoms with Crippen molar-refractivity contribution in [1.29, 1.82) is 0 Å². The van der Waals surface area contributed by atoms with E-state index < -0.39 is 0 Å². The second-order valence-electron chi connectivity index (χ2n) is 1.65. The van der Waals surface area contributed by atoms with Gasteiger partial charge in [-0.3, -0.25) is 9.78 Å². The smallest absolute Gasteiger partial charge is 0.179 e. The summed E-state index contributed by atoms with van der Waals surface area (Å²) in [6, 6.07) is 0. The Morgan fingerprint density at radius 3 is 2.67 bits per heavy atom. The highest BCUT2D eigenvalue weighted by atomic mass is 16.1. The van der Waals surface area contributed by atoms with E-state index in [1.807, 2.05) is 0 Å². The molecule has 0 amide bonds. The first-order valence-electron chi connectivity index (χ1n) is 2.57. The van der Waals surface area contributed by atoms with Gasteiger partial charge in [0.05, 0.1) is 6.20 Å². The van der Waals surface area contributed by atoms with E-state index in [4.69, 9.17) is 0 Å². The minimum atomic E-state index is -0.0527. The van der Waals surface area contributed by atoms with E-state index in [0.29, 0.717) is 5.69 Å². The van der Waals surface area contributed by atoms with Crippen molar-refractivity contribution >= 4 is 5.78 Å². The number of hydrogen-bond acceptors (Lipinski definition) is 3. The van der Waals surface area contributed by atoms with E-state index in [-0.39, 0.29) is 5.78 Å². The Hall–Kier alpha value is -1.25.